The molecule has 1 atom stereocenters. The Labute approximate surface area is 160 Å². The number of benzene rings is 2. The Morgan fingerprint density at radius 1 is 1.15 bits per heavy atom. The van der Waals surface area contributed by atoms with Gasteiger partial charge in [-0.3, -0.25) is 4.79 Å². The zero-order chi connectivity index (χ0) is 18.8. The van der Waals surface area contributed by atoms with Crippen molar-refractivity contribution in [3.63, 3.8) is 0 Å². The Hall–Kier alpha value is -2.67. The summed E-state index contributed by atoms with van der Waals surface area (Å²) in [5.41, 5.74) is 2.65. The lowest BCUT2D eigenvalue weighted by Gasteiger charge is -2.14. The van der Waals surface area contributed by atoms with Gasteiger partial charge in [-0.25, -0.2) is 4.39 Å². The van der Waals surface area contributed by atoms with Gasteiger partial charge in [-0.15, -0.1) is 10.2 Å². The van der Waals surface area contributed by atoms with Crippen molar-refractivity contribution in [3.8, 4) is 11.5 Å². The molecular formula is C20H18FN3O2S. The summed E-state index contributed by atoms with van der Waals surface area (Å²) in [5.74, 6) is -0.0771. The maximum Gasteiger partial charge on any atom is 0.277 e. The van der Waals surface area contributed by atoms with E-state index in [1.807, 2.05) is 31.2 Å². The van der Waals surface area contributed by atoms with Crippen molar-refractivity contribution in [1.29, 1.82) is 0 Å². The average molecular weight is 383 g/mol. The van der Waals surface area contributed by atoms with Crippen LogP contribution < -0.4 is 5.32 Å². The maximum absolute atomic E-state index is 13.3. The molecule has 0 saturated heterocycles. The number of nitrogens with one attached hydrogen (secondary N) is 1. The second kappa shape index (κ2) is 7.52. The van der Waals surface area contributed by atoms with Gasteiger partial charge in [-0.1, -0.05) is 29.8 Å². The second-order valence-corrected chi connectivity index (χ2v) is 7.63. The van der Waals surface area contributed by atoms with E-state index in [1.165, 1.54) is 23.9 Å². The number of amides is 1. The van der Waals surface area contributed by atoms with Gasteiger partial charge >= 0.3 is 0 Å². The molecule has 27 heavy (non-hydrogen) atoms. The van der Waals surface area contributed by atoms with Crippen molar-refractivity contribution in [3.05, 3.63) is 65.5 Å². The lowest BCUT2D eigenvalue weighted by Crippen LogP contribution is -2.29. The molecular weight excluding hydrogens is 365 g/mol. The lowest BCUT2D eigenvalue weighted by atomic mass is 10.1. The smallest absolute Gasteiger partial charge is 0.277 e. The molecule has 1 amide bonds. The fourth-order valence-corrected chi connectivity index (χ4v) is 3.47. The summed E-state index contributed by atoms with van der Waals surface area (Å²) in [4.78, 5) is 12.7. The Bertz CT molecular complexity index is 937. The predicted molar refractivity (Wildman–Crippen MR) is 101 cm³/mol. The molecule has 0 spiro atoms. The van der Waals surface area contributed by atoms with Crippen LogP contribution in [0.5, 0.6) is 0 Å². The minimum Gasteiger partial charge on any atom is -0.411 e. The molecule has 1 aliphatic rings. The number of thioether (sulfide) groups is 1. The first-order valence-corrected chi connectivity index (χ1v) is 9.59. The summed E-state index contributed by atoms with van der Waals surface area (Å²) in [7, 11) is 0. The summed E-state index contributed by atoms with van der Waals surface area (Å²) in [6, 6.07) is 13.9. The largest absolute Gasteiger partial charge is 0.411 e. The highest BCUT2D eigenvalue weighted by Gasteiger charge is 2.30. The van der Waals surface area contributed by atoms with Crippen molar-refractivity contribution in [1.82, 2.24) is 15.5 Å². The Morgan fingerprint density at radius 3 is 2.52 bits per heavy atom. The van der Waals surface area contributed by atoms with Crippen LogP contribution in [0.25, 0.3) is 11.5 Å². The number of nitrogens with zero attached hydrogens (tertiary/aromatic N) is 2. The van der Waals surface area contributed by atoms with Crippen LogP contribution in [0.4, 0.5) is 4.39 Å². The first-order valence-electron chi connectivity index (χ1n) is 8.71. The van der Waals surface area contributed by atoms with E-state index in [-0.39, 0.29) is 17.8 Å². The molecule has 0 radical (unpaired) electrons. The van der Waals surface area contributed by atoms with Crippen molar-refractivity contribution in [2.45, 2.75) is 36.3 Å². The Morgan fingerprint density at radius 2 is 1.85 bits per heavy atom. The number of hydrogen-bond donors (Lipinski definition) is 1. The molecule has 2 aromatic carbocycles. The van der Waals surface area contributed by atoms with Crippen LogP contribution >= 0.6 is 11.8 Å². The van der Waals surface area contributed by atoms with Crippen molar-refractivity contribution in [2.75, 3.05) is 0 Å². The highest BCUT2D eigenvalue weighted by Crippen LogP contribution is 2.37. The highest BCUT2D eigenvalue weighted by molar-refractivity contribution is 8.00. The standard InChI is InChI=1S/C20H18FN3O2S/c1-12-2-4-14(5-3-12)19-23-24-20(26-19)27-17(18(25)22-16-10-11-16)13-6-8-15(21)9-7-13/h2-9,16-17H,10-11H2,1H3,(H,22,25). The molecule has 3 aromatic rings. The zero-order valence-corrected chi connectivity index (χ0v) is 15.5. The first kappa shape index (κ1) is 17.7. The van der Waals surface area contributed by atoms with Gasteiger partial charge in [0.2, 0.25) is 11.8 Å². The van der Waals surface area contributed by atoms with E-state index in [1.54, 1.807) is 12.1 Å². The molecule has 1 heterocycles. The molecule has 1 unspecified atom stereocenters. The van der Waals surface area contributed by atoms with Gasteiger partial charge in [-0.2, -0.15) is 0 Å². The number of rotatable bonds is 6. The normalized spacial score (nSPS) is 14.7. The summed E-state index contributed by atoms with van der Waals surface area (Å²) in [6.07, 6.45) is 1.98. The van der Waals surface area contributed by atoms with E-state index >= 15 is 0 Å². The topological polar surface area (TPSA) is 68.0 Å². The summed E-state index contributed by atoms with van der Waals surface area (Å²) < 4.78 is 19.0. The predicted octanol–water partition coefficient (Wildman–Crippen LogP) is 4.30. The third kappa shape index (κ3) is 4.36. The third-order valence-electron chi connectivity index (χ3n) is 4.26. The second-order valence-electron chi connectivity index (χ2n) is 6.57. The SMILES string of the molecule is Cc1ccc(-c2nnc(SC(C(=O)NC3CC3)c3ccc(F)cc3)o2)cc1. The number of carbonyl (C=O) groups is 1. The van der Waals surface area contributed by atoms with Gasteiger partial charge in [0.15, 0.2) is 0 Å². The highest BCUT2D eigenvalue weighted by atomic mass is 32.2. The van der Waals surface area contributed by atoms with Crippen molar-refractivity contribution >= 4 is 17.7 Å². The fraction of sp³-hybridized carbons (Fsp3) is 0.250. The van der Waals surface area contributed by atoms with Crippen LogP contribution in [0, 0.1) is 12.7 Å². The van der Waals surface area contributed by atoms with Crippen LogP contribution in [0.15, 0.2) is 58.2 Å². The minimum atomic E-state index is -0.586. The average Bonchev–Trinajstić information content (AvgIpc) is 3.35. The zero-order valence-electron chi connectivity index (χ0n) is 14.7. The maximum atomic E-state index is 13.3. The molecule has 1 saturated carbocycles. The van der Waals surface area contributed by atoms with E-state index in [9.17, 15) is 9.18 Å². The third-order valence-corrected chi connectivity index (χ3v) is 5.35. The van der Waals surface area contributed by atoms with Crippen molar-refractivity contribution < 1.29 is 13.6 Å². The molecule has 138 valence electrons. The Balaban J connectivity index is 1.56. The monoisotopic (exact) mass is 383 g/mol. The number of aromatic nitrogens is 2. The quantitative estimate of drug-likeness (QED) is 0.643. The molecule has 1 aromatic heterocycles. The lowest BCUT2D eigenvalue weighted by molar-refractivity contribution is -0.120. The molecule has 0 aliphatic heterocycles. The molecule has 1 aliphatic carbocycles. The summed E-state index contributed by atoms with van der Waals surface area (Å²) >= 11 is 1.17. The number of halogens is 1. The van der Waals surface area contributed by atoms with Gasteiger partial charge < -0.3 is 9.73 Å². The van der Waals surface area contributed by atoms with Gasteiger partial charge in [0.05, 0.1) is 0 Å². The van der Waals surface area contributed by atoms with Gasteiger partial charge in [0.1, 0.15) is 11.1 Å². The molecule has 0 bridgehead atoms. The number of aryl methyl sites for hydroxylation is 1. The molecule has 7 heteroatoms. The van der Waals surface area contributed by atoms with E-state index in [2.05, 4.69) is 15.5 Å². The minimum absolute atomic E-state index is 0.135. The van der Waals surface area contributed by atoms with Crippen molar-refractivity contribution in [2.24, 2.45) is 0 Å². The van der Waals surface area contributed by atoms with Crippen LogP contribution in [-0.4, -0.2) is 22.1 Å². The first-order chi connectivity index (χ1) is 13.1. The number of hydrogen-bond acceptors (Lipinski definition) is 5. The molecule has 1 N–H and O–H groups in total. The molecule has 1 fully saturated rings. The molecule has 5 nitrogen and oxygen atoms in total. The summed E-state index contributed by atoms with van der Waals surface area (Å²) in [5, 5.41) is 10.8. The summed E-state index contributed by atoms with van der Waals surface area (Å²) in [6.45, 7) is 2.00. The van der Waals surface area contributed by atoms with Crippen LogP contribution in [0.2, 0.25) is 0 Å². The van der Waals surface area contributed by atoms with Gasteiger partial charge in [-0.05, 0) is 61.4 Å². The van der Waals surface area contributed by atoms with Crippen LogP contribution in [0.3, 0.4) is 0 Å². The van der Waals surface area contributed by atoms with Crippen LogP contribution in [0.1, 0.15) is 29.2 Å². The van der Waals surface area contributed by atoms with E-state index in [0.717, 1.165) is 24.0 Å². The van der Waals surface area contributed by atoms with E-state index < -0.39 is 5.25 Å². The fourth-order valence-electron chi connectivity index (χ4n) is 2.59. The van der Waals surface area contributed by atoms with Gasteiger partial charge in [0.25, 0.3) is 5.22 Å². The Kier molecular flexibility index (Phi) is 4.94. The molecule has 4 rings (SSSR count). The van der Waals surface area contributed by atoms with E-state index in [4.69, 9.17) is 4.42 Å². The van der Waals surface area contributed by atoms with Crippen LogP contribution in [-0.2, 0) is 4.79 Å². The van der Waals surface area contributed by atoms with E-state index in [0.29, 0.717) is 16.7 Å². The number of carbonyl (C=O) groups excluding carboxylic acids is 1. The van der Waals surface area contributed by atoms with Gasteiger partial charge in [0, 0.05) is 11.6 Å².